The normalized spacial score (nSPS) is 10.2. The zero-order valence-corrected chi connectivity index (χ0v) is 17.9. The molecular formula is C18H13Cl3O3SiV. The van der Waals surface area contributed by atoms with Gasteiger partial charge >= 0.3 is 18.6 Å². The minimum atomic E-state index is -3.12. The summed E-state index contributed by atoms with van der Waals surface area (Å²) in [4.78, 5) is 11.7. The van der Waals surface area contributed by atoms with Crippen molar-refractivity contribution in [3.8, 4) is 0 Å². The molecule has 0 bridgehead atoms. The van der Waals surface area contributed by atoms with Crippen LogP contribution in [0.15, 0.2) is 72.8 Å². The molecule has 8 heteroatoms. The Balaban J connectivity index is 0.00000208. The Hall–Kier alpha value is -0.789. The Kier molecular flexibility index (Phi) is 10.2. The largest absolute Gasteiger partial charge is 4.00 e. The Labute approximate surface area is 180 Å². The van der Waals surface area contributed by atoms with Crippen molar-refractivity contribution in [3.63, 3.8) is 0 Å². The number of halogens is 3. The van der Waals surface area contributed by atoms with Gasteiger partial charge in [-0.3, -0.25) is 0 Å². The number of rotatable bonds is 3. The van der Waals surface area contributed by atoms with E-state index in [1.165, 1.54) is 0 Å². The van der Waals surface area contributed by atoms with E-state index in [4.69, 9.17) is 34.8 Å². The predicted octanol–water partition coefficient (Wildman–Crippen LogP) is 3.37. The summed E-state index contributed by atoms with van der Waals surface area (Å²) in [6, 6.07) is 22.0. The van der Waals surface area contributed by atoms with Gasteiger partial charge in [0, 0.05) is 15.1 Å². The molecule has 0 aliphatic carbocycles. The van der Waals surface area contributed by atoms with E-state index in [1.807, 2.05) is 36.4 Å². The average molecular weight is 463 g/mol. The van der Waals surface area contributed by atoms with Crippen LogP contribution in [-0.2, 0) is 29.5 Å². The molecule has 0 unspecified atom stereocenters. The van der Waals surface area contributed by atoms with Crippen LogP contribution in [0.3, 0.4) is 0 Å². The Morgan fingerprint density at radius 2 is 0.692 bits per heavy atom. The maximum atomic E-state index is 11.7. The van der Waals surface area contributed by atoms with Crippen molar-refractivity contribution in [2.75, 3.05) is 0 Å². The Morgan fingerprint density at radius 3 is 0.885 bits per heavy atom. The Morgan fingerprint density at radius 1 is 0.500 bits per heavy atom. The van der Waals surface area contributed by atoms with Crippen molar-refractivity contribution in [1.82, 2.24) is 0 Å². The predicted molar refractivity (Wildman–Crippen MR) is 103 cm³/mol. The minimum absolute atomic E-state index is 0. The van der Waals surface area contributed by atoms with E-state index in [9.17, 15) is 4.80 Å². The third kappa shape index (κ3) is 5.14. The number of hydrogen-bond acceptors (Lipinski definition) is 1. The zero-order chi connectivity index (χ0) is 16.4. The molecule has 133 valence electrons. The van der Waals surface area contributed by atoms with Crippen molar-refractivity contribution in [1.29, 1.82) is 0 Å². The smallest absolute Gasteiger partial charge is 2.00 e. The maximum Gasteiger partial charge on any atom is 4.00 e. The molecule has 0 fully saturated rings. The second-order valence-electron chi connectivity index (χ2n) is 5.23. The third-order valence-electron chi connectivity index (χ3n) is 3.79. The quantitative estimate of drug-likeness (QED) is 0.470. The molecular weight excluding hydrogens is 450 g/mol. The molecule has 0 atom stereocenters. The molecule has 3 aromatic carbocycles. The van der Waals surface area contributed by atoms with Crippen LogP contribution in [0.2, 0.25) is 15.1 Å². The van der Waals surface area contributed by atoms with E-state index in [2.05, 4.69) is 0 Å². The number of hydrogen-bond donors (Lipinski definition) is 1. The first-order valence-corrected chi connectivity index (χ1v) is 10.1. The molecule has 3 nitrogen and oxygen atoms in total. The monoisotopic (exact) mass is 461 g/mol. The second-order valence-corrected chi connectivity index (χ2v) is 9.69. The van der Waals surface area contributed by atoms with E-state index in [-0.39, 0.29) is 29.5 Å². The van der Waals surface area contributed by atoms with Gasteiger partial charge in [-0.1, -0.05) is 71.2 Å². The summed E-state index contributed by atoms with van der Waals surface area (Å²) < 4.78 is 0. The topological polar surface area (TPSA) is 77.2 Å². The first-order valence-electron chi connectivity index (χ1n) is 7.00. The van der Waals surface area contributed by atoms with Crippen molar-refractivity contribution < 1.29 is 34.3 Å². The zero-order valence-electron chi connectivity index (χ0n) is 13.3. The second kappa shape index (κ2) is 10.5. The maximum absolute atomic E-state index is 11.7. The van der Waals surface area contributed by atoms with Gasteiger partial charge < -0.3 is 15.7 Å². The Bertz CT molecular complexity index is 702. The number of benzene rings is 3. The fourth-order valence-corrected chi connectivity index (χ4v) is 5.90. The molecule has 1 N–H and O–H groups in total. The third-order valence-corrected chi connectivity index (χ3v) is 8.05. The molecule has 0 amide bonds. The fraction of sp³-hybridized carbons (Fsp3) is 0. The van der Waals surface area contributed by atoms with Crippen LogP contribution < -0.4 is 15.6 Å². The molecule has 3 aromatic rings. The molecule has 0 heterocycles. The fourth-order valence-electron chi connectivity index (χ4n) is 2.57. The summed E-state index contributed by atoms with van der Waals surface area (Å²) in [5.74, 6) is 0. The molecule has 0 aliphatic rings. The van der Waals surface area contributed by atoms with E-state index >= 15 is 0 Å². The van der Waals surface area contributed by atoms with Gasteiger partial charge in [0.15, 0.2) is 0 Å². The molecule has 0 aromatic heterocycles. The van der Waals surface area contributed by atoms with Gasteiger partial charge in [-0.2, -0.15) is 0 Å². The SMILES string of the molecule is O[Si](c1ccc(Cl)cc1)(c1ccc(Cl)cc1)c1ccc(Cl)cc1.[O-2].[O-2].[V+4]. The summed E-state index contributed by atoms with van der Waals surface area (Å²) in [5.41, 5.74) is 0. The first-order chi connectivity index (χ1) is 11.0. The average Bonchev–Trinajstić information content (AvgIpc) is 2.56. The van der Waals surface area contributed by atoms with Crippen LogP contribution in [0.5, 0.6) is 0 Å². The molecule has 0 spiro atoms. The standard InChI is InChI=1S/C18H13Cl3OSi.2O.V/c19-13-1-7-16(8-2-13)23(22,17-9-3-14(20)4-10-17)18-11-5-15(21)6-12-18;;;/h1-12,22H;;;/q;2*-2;+4. The summed E-state index contributed by atoms with van der Waals surface area (Å²) in [7, 11) is -3.12. The van der Waals surface area contributed by atoms with E-state index in [0.717, 1.165) is 15.6 Å². The summed E-state index contributed by atoms with van der Waals surface area (Å²) in [5, 5.41) is 4.47. The van der Waals surface area contributed by atoms with Gasteiger partial charge in [0.25, 0.3) is 8.32 Å². The molecule has 0 saturated carbocycles. The van der Waals surface area contributed by atoms with Crippen LogP contribution in [0, 0.1) is 0 Å². The van der Waals surface area contributed by atoms with E-state index in [0.29, 0.717) is 15.1 Å². The molecule has 1 radical (unpaired) electrons. The molecule has 0 saturated heterocycles. The summed E-state index contributed by atoms with van der Waals surface area (Å²) in [6.45, 7) is 0. The molecule has 26 heavy (non-hydrogen) atoms. The van der Waals surface area contributed by atoms with Crippen LogP contribution in [0.25, 0.3) is 0 Å². The van der Waals surface area contributed by atoms with Crippen LogP contribution >= 0.6 is 34.8 Å². The van der Waals surface area contributed by atoms with Crippen molar-refractivity contribution in [3.05, 3.63) is 87.9 Å². The van der Waals surface area contributed by atoms with Crippen molar-refractivity contribution in [2.45, 2.75) is 0 Å². The van der Waals surface area contributed by atoms with Gasteiger partial charge in [-0.15, -0.1) is 0 Å². The first kappa shape index (κ1) is 25.2. The van der Waals surface area contributed by atoms with Gasteiger partial charge in [0.2, 0.25) is 0 Å². The molecule has 0 aliphatic heterocycles. The summed E-state index contributed by atoms with van der Waals surface area (Å²) >= 11 is 18.0. The van der Waals surface area contributed by atoms with E-state index < -0.39 is 8.32 Å². The van der Waals surface area contributed by atoms with Gasteiger partial charge in [0.1, 0.15) is 0 Å². The minimum Gasteiger partial charge on any atom is -2.00 e. The van der Waals surface area contributed by atoms with Crippen LogP contribution in [0.1, 0.15) is 0 Å². The van der Waals surface area contributed by atoms with Crippen LogP contribution in [-0.4, -0.2) is 13.1 Å². The molecule has 3 rings (SSSR count). The van der Waals surface area contributed by atoms with Gasteiger partial charge in [-0.05, 0) is 52.0 Å². The van der Waals surface area contributed by atoms with Gasteiger partial charge in [0.05, 0.1) is 0 Å². The summed E-state index contributed by atoms with van der Waals surface area (Å²) in [6.07, 6.45) is 0. The van der Waals surface area contributed by atoms with Gasteiger partial charge in [-0.25, -0.2) is 0 Å². The van der Waals surface area contributed by atoms with Crippen molar-refractivity contribution in [2.24, 2.45) is 0 Å². The van der Waals surface area contributed by atoms with Crippen molar-refractivity contribution >= 4 is 58.7 Å². The van der Waals surface area contributed by atoms with E-state index in [1.54, 1.807) is 36.4 Å². The van der Waals surface area contributed by atoms with Crippen LogP contribution in [0.4, 0.5) is 0 Å².